The maximum absolute atomic E-state index is 13.4. The zero-order valence-electron chi connectivity index (χ0n) is 21.2. The van der Waals surface area contributed by atoms with Gasteiger partial charge in [0.05, 0.1) is 25.6 Å². The van der Waals surface area contributed by atoms with Crippen LogP contribution in [0.2, 0.25) is 0 Å². The first-order valence-corrected chi connectivity index (χ1v) is 11.9. The van der Waals surface area contributed by atoms with Crippen molar-refractivity contribution in [3.63, 3.8) is 0 Å². The molecule has 1 unspecified atom stereocenters. The van der Waals surface area contributed by atoms with E-state index in [1.165, 1.54) is 11.2 Å². The Bertz CT molecular complexity index is 1300. The molecule has 188 valence electrons. The van der Waals surface area contributed by atoms with Crippen LogP contribution in [0.3, 0.4) is 0 Å². The number of aliphatic hydroxyl groups is 1. The van der Waals surface area contributed by atoms with Gasteiger partial charge in [0, 0.05) is 22.9 Å². The molecular weight excluding hydrogens is 458 g/mol. The van der Waals surface area contributed by atoms with E-state index in [9.17, 15) is 14.7 Å². The maximum Gasteiger partial charge on any atom is 0.300 e. The van der Waals surface area contributed by atoms with Gasteiger partial charge in [0.2, 0.25) is 0 Å². The fourth-order valence-corrected chi connectivity index (χ4v) is 4.35. The van der Waals surface area contributed by atoms with E-state index in [0.717, 1.165) is 12.0 Å². The third kappa shape index (κ3) is 4.61. The third-order valence-electron chi connectivity index (χ3n) is 6.11. The Balaban J connectivity index is 1.88. The Kier molecular flexibility index (Phi) is 6.93. The molecule has 36 heavy (non-hydrogen) atoms. The second-order valence-corrected chi connectivity index (χ2v) is 9.70. The first-order valence-electron chi connectivity index (χ1n) is 11.9. The molecule has 1 N–H and O–H groups in total. The van der Waals surface area contributed by atoms with Crippen LogP contribution in [0.4, 0.5) is 5.69 Å². The Hall–Kier alpha value is -4.00. The molecule has 1 atom stereocenters. The van der Waals surface area contributed by atoms with Crippen molar-refractivity contribution in [2.24, 2.45) is 0 Å². The fourth-order valence-electron chi connectivity index (χ4n) is 4.35. The summed E-state index contributed by atoms with van der Waals surface area (Å²) in [6.07, 6.45) is 2.31. The molecule has 2 heterocycles. The number of nitrogens with zero attached hydrogens (tertiary/aromatic N) is 1. The summed E-state index contributed by atoms with van der Waals surface area (Å²) in [7, 11) is 1.59. The number of ketones is 1. The molecule has 0 bridgehead atoms. The number of amides is 1. The van der Waals surface area contributed by atoms with E-state index in [1.54, 1.807) is 61.7 Å². The monoisotopic (exact) mass is 489 g/mol. The van der Waals surface area contributed by atoms with E-state index in [4.69, 9.17) is 13.9 Å². The van der Waals surface area contributed by atoms with E-state index >= 15 is 0 Å². The van der Waals surface area contributed by atoms with Gasteiger partial charge in [-0.15, -0.1) is 0 Å². The smallest absolute Gasteiger partial charge is 0.300 e. The number of furan rings is 1. The van der Waals surface area contributed by atoms with Crippen molar-refractivity contribution in [2.45, 2.75) is 45.6 Å². The summed E-state index contributed by atoms with van der Waals surface area (Å²) in [5.41, 5.74) is 1.41. The second kappa shape index (κ2) is 9.93. The SMILES string of the molecule is CCCOc1cccc(N2C(=O)C(=O)/C(=C(\O)c3ccc(OC)c(C(C)(C)C)c3)C2c2ccco2)c1. The number of benzene rings is 2. The van der Waals surface area contributed by atoms with Gasteiger partial charge in [-0.2, -0.15) is 0 Å². The first kappa shape index (κ1) is 25.1. The van der Waals surface area contributed by atoms with Crippen molar-refractivity contribution >= 4 is 23.1 Å². The van der Waals surface area contributed by atoms with Gasteiger partial charge in [0.15, 0.2) is 0 Å². The minimum atomic E-state index is -0.943. The summed E-state index contributed by atoms with van der Waals surface area (Å²) >= 11 is 0. The second-order valence-electron chi connectivity index (χ2n) is 9.70. The lowest BCUT2D eigenvalue weighted by Gasteiger charge is -2.24. The Morgan fingerprint density at radius 1 is 1.08 bits per heavy atom. The number of ether oxygens (including phenoxy) is 2. The Labute approximate surface area is 210 Å². The number of carbonyl (C=O) groups is 2. The molecule has 0 radical (unpaired) electrons. The molecule has 4 rings (SSSR count). The van der Waals surface area contributed by atoms with Crippen LogP contribution in [-0.2, 0) is 15.0 Å². The van der Waals surface area contributed by atoms with Gasteiger partial charge < -0.3 is 19.0 Å². The van der Waals surface area contributed by atoms with Gasteiger partial charge in [-0.3, -0.25) is 14.5 Å². The number of methoxy groups -OCH3 is 1. The van der Waals surface area contributed by atoms with Crippen LogP contribution in [0, 0.1) is 0 Å². The Morgan fingerprint density at radius 3 is 2.50 bits per heavy atom. The number of rotatable bonds is 7. The normalized spacial score (nSPS) is 17.5. The van der Waals surface area contributed by atoms with Crippen LogP contribution in [0.1, 0.15) is 57.0 Å². The lowest BCUT2D eigenvalue weighted by Crippen LogP contribution is -2.29. The highest BCUT2D eigenvalue weighted by Gasteiger charge is 2.48. The van der Waals surface area contributed by atoms with Gasteiger partial charge in [-0.25, -0.2) is 0 Å². The van der Waals surface area contributed by atoms with Crippen LogP contribution >= 0.6 is 0 Å². The number of Topliss-reactive ketones (excluding diaryl/α,β-unsaturated/α-hetero) is 1. The molecule has 7 nitrogen and oxygen atoms in total. The molecule has 7 heteroatoms. The number of anilines is 1. The van der Waals surface area contributed by atoms with Gasteiger partial charge in [-0.1, -0.05) is 33.8 Å². The summed E-state index contributed by atoms with van der Waals surface area (Å²) in [6.45, 7) is 8.62. The highest BCUT2D eigenvalue weighted by atomic mass is 16.5. The number of hydrogen-bond donors (Lipinski definition) is 1. The van der Waals surface area contributed by atoms with Crippen molar-refractivity contribution in [2.75, 3.05) is 18.6 Å². The average Bonchev–Trinajstić information content (AvgIpc) is 3.48. The molecular formula is C29H31NO6. The summed E-state index contributed by atoms with van der Waals surface area (Å²) in [4.78, 5) is 28.0. The van der Waals surface area contributed by atoms with Crippen molar-refractivity contribution in [1.29, 1.82) is 0 Å². The molecule has 1 saturated heterocycles. The van der Waals surface area contributed by atoms with Crippen LogP contribution in [-0.4, -0.2) is 30.5 Å². The van der Waals surface area contributed by atoms with Crippen LogP contribution in [0.5, 0.6) is 11.5 Å². The predicted octanol–water partition coefficient (Wildman–Crippen LogP) is 6.00. The quantitative estimate of drug-likeness (QED) is 0.249. The molecule has 1 aliphatic rings. The zero-order chi connectivity index (χ0) is 26.0. The number of aliphatic hydroxyl groups excluding tert-OH is 1. The molecule has 0 spiro atoms. The van der Waals surface area contributed by atoms with Crippen LogP contribution in [0.15, 0.2) is 70.9 Å². The molecule has 3 aromatic rings. The predicted molar refractivity (Wildman–Crippen MR) is 137 cm³/mol. The van der Waals surface area contributed by atoms with E-state index in [0.29, 0.717) is 35.1 Å². The van der Waals surface area contributed by atoms with Gasteiger partial charge in [0.25, 0.3) is 11.7 Å². The van der Waals surface area contributed by atoms with E-state index in [1.807, 2.05) is 27.7 Å². The molecule has 1 amide bonds. The first-order chi connectivity index (χ1) is 17.2. The molecule has 1 aromatic heterocycles. The molecule has 1 fully saturated rings. The van der Waals surface area contributed by atoms with Crippen molar-refractivity contribution in [3.8, 4) is 11.5 Å². The molecule has 0 aliphatic carbocycles. The van der Waals surface area contributed by atoms with Crippen LogP contribution < -0.4 is 14.4 Å². The summed E-state index contributed by atoms with van der Waals surface area (Å²) in [5.74, 6) is -0.202. The zero-order valence-corrected chi connectivity index (χ0v) is 21.2. The van der Waals surface area contributed by atoms with Gasteiger partial charge in [-0.05, 0) is 54.3 Å². The molecule has 0 saturated carbocycles. The largest absolute Gasteiger partial charge is 0.507 e. The highest BCUT2D eigenvalue weighted by molar-refractivity contribution is 6.51. The average molecular weight is 490 g/mol. The minimum Gasteiger partial charge on any atom is -0.507 e. The van der Waals surface area contributed by atoms with E-state index < -0.39 is 17.7 Å². The minimum absolute atomic E-state index is 0.0418. The highest BCUT2D eigenvalue weighted by Crippen LogP contribution is 2.43. The lowest BCUT2D eigenvalue weighted by atomic mass is 9.84. The summed E-state index contributed by atoms with van der Waals surface area (Å²) in [6, 6.07) is 14.6. The molecule has 2 aromatic carbocycles. The van der Waals surface area contributed by atoms with Gasteiger partial charge >= 0.3 is 0 Å². The number of hydrogen-bond acceptors (Lipinski definition) is 6. The topological polar surface area (TPSA) is 89.2 Å². The van der Waals surface area contributed by atoms with E-state index in [-0.39, 0.29) is 16.7 Å². The summed E-state index contributed by atoms with van der Waals surface area (Å²) < 4.78 is 16.9. The summed E-state index contributed by atoms with van der Waals surface area (Å²) in [5, 5.41) is 11.4. The standard InChI is InChI=1S/C29H31NO6/c1-6-14-35-20-10-7-9-19(17-20)30-25(23-11-8-15-36-23)24(27(32)28(30)33)26(31)18-12-13-22(34-5)21(16-18)29(2,3)4/h7-13,15-17,25,31H,6,14H2,1-5H3/b26-24-. The van der Waals surface area contributed by atoms with Crippen molar-refractivity contribution in [3.05, 3.63) is 83.3 Å². The van der Waals surface area contributed by atoms with Crippen LogP contribution in [0.25, 0.3) is 5.76 Å². The Morgan fingerprint density at radius 2 is 1.86 bits per heavy atom. The lowest BCUT2D eigenvalue weighted by molar-refractivity contribution is -0.132. The third-order valence-corrected chi connectivity index (χ3v) is 6.11. The van der Waals surface area contributed by atoms with E-state index in [2.05, 4.69) is 0 Å². The maximum atomic E-state index is 13.4. The molecule has 1 aliphatic heterocycles. The fraction of sp³-hybridized carbons (Fsp3) is 0.310. The van der Waals surface area contributed by atoms with Crippen molar-refractivity contribution < 1.29 is 28.6 Å². The van der Waals surface area contributed by atoms with Crippen molar-refractivity contribution in [1.82, 2.24) is 0 Å². The number of carbonyl (C=O) groups excluding carboxylic acids is 2. The van der Waals surface area contributed by atoms with Gasteiger partial charge in [0.1, 0.15) is 29.1 Å².